The molecule has 15 heavy (non-hydrogen) atoms. The van der Waals surface area contributed by atoms with E-state index in [9.17, 15) is 0 Å². The zero-order valence-corrected chi connectivity index (χ0v) is 9.25. The van der Waals surface area contributed by atoms with E-state index in [0.29, 0.717) is 13.2 Å². The van der Waals surface area contributed by atoms with Gasteiger partial charge in [0.1, 0.15) is 17.8 Å². The van der Waals surface area contributed by atoms with Crippen molar-refractivity contribution in [2.24, 2.45) is 5.73 Å². The van der Waals surface area contributed by atoms with Gasteiger partial charge in [0.25, 0.3) is 0 Å². The Kier molecular flexibility index (Phi) is 2.83. The number of hydrogen-bond donors (Lipinski definition) is 2. The van der Waals surface area contributed by atoms with Crippen LogP contribution in [-0.2, 0) is 4.74 Å². The number of hydrogen-bond acceptors (Lipinski definition) is 6. The summed E-state index contributed by atoms with van der Waals surface area (Å²) in [5.41, 5.74) is 5.41. The van der Waals surface area contributed by atoms with Crippen molar-refractivity contribution in [2.45, 2.75) is 13.0 Å². The van der Waals surface area contributed by atoms with Gasteiger partial charge in [0.15, 0.2) is 0 Å². The number of nitrogens with two attached hydrogens (primary N) is 1. The van der Waals surface area contributed by atoms with Crippen molar-refractivity contribution in [3.05, 3.63) is 5.82 Å². The molecule has 1 aliphatic heterocycles. The van der Waals surface area contributed by atoms with Gasteiger partial charge in [0.2, 0.25) is 5.13 Å². The van der Waals surface area contributed by atoms with Crippen molar-refractivity contribution >= 4 is 22.5 Å². The number of nitrogens with one attached hydrogen (secondary N) is 1. The molecule has 0 radical (unpaired) electrons. The third-order valence-corrected chi connectivity index (χ3v) is 3.07. The Bertz CT molecular complexity index is 366. The molecule has 2 heterocycles. The van der Waals surface area contributed by atoms with Crippen molar-refractivity contribution in [2.75, 3.05) is 24.6 Å². The first-order valence-corrected chi connectivity index (χ1v) is 5.45. The third-order valence-electron chi connectivity index (χ3n) is 2.20. The van der Waals surface area contributed by atoms with Crippen molar-refractivity contribution in [3.8, 4) is 0 Å². The average molecular weight is 227 g/mol. The first kappa shape index (κ1) is 10.3. The molecule has 1 fully saturated rings. The molecular formula is C8H13N5OS. The van der Waals surface area contributed by atoms with Crippen LogP contribution in [0.5, 0.6) is 0 Å². The Morgan fingerprint density at radius 3 is 3.13 bits per heavy atom. The molecule has 0 saturated carbocycles. The van der Waals surface area contributed by atoms with Gasteiger partial charge in [-0.25, -0.2) is 4.98 Å². The number of rotatable bonds is 2. The number of amidine groups is 1. The Morgan fingerprint density at radius 2 is 2.53 bits per heavy atom. The Labute approximate surface area is 91.7 Å². The van der Waals surface area contributed by atoms with Crippen LogP contribution in [0.4, 0.5) is 5.13 Å². The molecule has 1 atom stereocenters. The molecule has 6 nitrogen and oxygen atoms in total. The highest BCUT2D eigenvalue weighted by Gasteiger charge is 2.24. The summed E-state index contributed by atoms with van der Waals surface area (Å²) in [6.07, 6.45) is -0.317. The highest BCUT2D eigenvalue weighted by atomic mass is 32.1. The molecule has 1 aromatic heterocycles. The third kappa shape index (κ3) is 2.24. The molecule has 7 heteroatoms. The number of morpholine rings is 1. The smallest absolute Gasteiger partial charge is 0.205 e. The standard InChI is InChI=1S/C8H13N5OS/c1-5-11-8(15-12-5)13-2-3-14-6(4-13)7(9)10/h6H,2-4H2,1H3,(H3,9,10). The monoisotopic (exact) mass is 227 g/mol. The van der Waals surface area contributed by atoms with E-state index >= 15 is 0 Å². The van der Waals surface area contributed by atoms with Crippen molar-refractivity contribution < 1.29 is 4.74 Å². The maximum Gasteiger partial charge on any atom is 0.205 e. The fourth-order valence-electron chi connectivity index (χ4n) is 1.43. The summed E-state index contributed by atoms with van der Waals surface area (Å²) in [7, 11) is 0. The average Bonchev–Trinajstić information content (AvgIpc) is 2.65. The zero-order chi connectivity index (χ0) is 10.8. The van der Waals surface area contributed by atoms with Crippen molar-refractivity contribution in [1.29, 1.82) is 5.41 Å². The second kappa shape index (κ2) is 4.11. The van der Waals surface area contributed by atoms with Crippen LogP contribution in [0.1, 0.15) is 5.82 Å². The molecule has 1 unspecified atom stereocenters. The highest BCUT2D eigenvalue weighted by molar-refractivity contribution is 7.09. The minimum absolute atomic E-state index is 0.0703. The van der Waals surface area contributed by atoms with Crippen LogP contribution in [0.2, 0.25) is 0 Å². The van der Waals surface area contributed by atoms with E-state index in [1.165, 1.54) is 11.5 Å². The lowest BCUT2D eigenvalue weighted by atomic mass is 10.2. The first-order valence-electron chi connectivity index (χ1n) is 4.67. The fraction of sp³-hybridized carbons (Fsp3) is 0.625. The highest BCUT2D eigenvalue weighted by Crippen LogP contribution is 2.19. The fourth-order valence-corrected chi connectivity index (χ4v) is 2.13. The van der Waals surface area contributed by atoms with Gasteiger partial charge in [-0.05, 0) is 6.92 Å². The van der Waals surface area contributed by atoms with Gasteiger partial charge in [-0.1, -0.05) is 0 Å². The van der Waals surface area contributed by atoms with E-state index in [4.69, 9.17) is 15.9 Å². The lowest BCUT2D eigenvalue weighted by Crippen LogP contribution is -2.48. The number of aromatic nitrogens is 2. The van der Waals surface area contributed by atoms with Crippen LogP contribution in [0.15, 0.2) is 0 Å². The zero-order valence-electron chi connectivity index (χ0n) is 8.43. The minimum atomic E-state index is -0.317. The number of aryl methyl sites for hydroxylation is 1. The summed E-state index contributed by atoms with van der Waals surface area (Å²) in [5.74, 6) is 0.849. The molecule has 0 amide bonds. The summed E-state index contributed by atoms with van der Waals surface area (Å²) < 4.78 is 9.49. The molecule has 3 N–H and O–H groups in total. The molecular weight excluding hydrogens is 214 g/mol. The van der Waals surface area contributed by atoms with Crippen LogP contribution < -0.4 is 10.6 Å². The Hall–Kier alpha value is -1.21. The Morgan fingerprint density at radius 1 is 1.73 bits per heavy atom. The quantitative estimate of drug-likeness (QED) is 0.548. The molecule has 0 bridgehead atoms. The molecule has 0 aliphatic carbocycles. The molecule has 0 spiro atoms. The number of ether oxygens (including phenoxy) is 1. The molecule has 2 rings (SSSR count). The second-order valence-electron chi connectivity index (χ2n) is 3.38. The SMILES string of the molecule is Cc1nsc(N2CCOC(C(=N)N)C2)n1. The van der Waals surface area contributed by atoms with Crippen LogP contribution in [0, 0.1) is 12.3 Å². The lowest BCUT2D eigenvalue weighted by Gasteiger charge is -2.31. The van der Waals surface area contributed by atoms with E-state index in [-0.39, 0.29) is 11.9 Å². The summed E-state index contributed by atoms with van der Waals surface area (Å²) in [6, 6.07) is 0. The largest absolute Gasteiger partial charge is 0.385 e. The van der Waals surface area contributed by atoms with E-state index in [1.807, 2.05) is 6.92 Å². The lowest BCUT2D eigenvalue weighted by molar-refractivity contribution is 0.0826. The number of anilines is 1. The number of nitrogens with zero attached hydrogens (tertiary/aromatic N) is 3. The van der Waals surface area contributed by atoms with Crippen molar-refractivity contribution in [3.63, 3.8) is 0 Å². The Balaban J connectivity index is 2.07. The van der Waals surface area contributed by atoms with Crippen LogP contribution in [0.3, 0.4) is 0 Å². The van der Waals surface area contributed by atoms with Gasteiger partial charge >= 0.3 is 0 Å². The minimum Gasteiger partial charge on any atom is -0.385 e. The van der Waals surface area contributed by atoms with Gasteiger partial charge in [-0.3, -0.25) is 5.41 Å². The summed E-state index contributed by atoms with van der Waals surface area (Å²) in [5, 5.41) is 8.22. The second-order valence-corrected chi connectivity index (χ2v) is 4.12. The summed E-state index contributed by atoms with van der Waals surface area (Å²) in [4.78, 5) is 6.35. The van der Waals surface area contributed by atoms with Gasteiger partial charge in [0.05, 0.1) is 13.2 Å². The predicted molar refractivity (Wildman–Crippen MR) is 58.5 cm³/mol. The van der Waals surface area contributed by atoms with E-state index in [0.717, 1.165) is 17.5 Å². The maximum absolute atomic E-state index is 7.34. The summed E-state index contributed by atoms with van der Waals surface area (Å²) >= 11 is 1.37. The summed E-state index contributed by atoms with van der Waals surface area (Å²) in [6.45, 7) is 3.80. The van der Waals surface area contributed by atoms with Crippen LogP contribution in [-0.4, -0.2) is 41.0 Å². The van der Waals surface area contributed by atoms with E-state index < -0.39 is 0 Å². The van der Waals surface area contributed by atoms with E-state index in [1.54, 1.807) is 0 Å². The molecule has 1 aliphatic rings. The molecule has 1 saturated heterocycles. The van der Waals surface area contributed by atoms with Crippen LogP contribution in [0.25, 0.3) is 0 Å². The molecule has 1 aromatic rings. The topological polar surface area (TPSA) is 88.1 Å². The normalized spacial score (nSPS) is 21.7. The predicted octanol–water partition coefficient (Wildman–Crippen LogP) is -0.0123. The first-order chi connectivity index (χ1) is 7.16. The maximum atomic E-state index is 7.34. The van der Waals surface area contributed by atoms with Crippen LogP contribution >= 0.6 is 11.5 Å². The van der Waals surface area contributed by atoms with Crippen molar-refractivity contribution in [1.82, 2.24) is 9.36 Å². The molecule has 0 aromatic carbocycles. The molecule has 82 valence electrons. The van der Waals surface area contributed by atoms with Gasteiger partial charge in [-0.15, -0.1) is 0 Å². The van der Waals surface area contributed by atoms with E-state index in [2.05, 4.69) is 14.3 Å². The van der Waals surface area contributed by atoms with Gasteiger partial charge in [0, 0.05) is 18.1 Å². The van der Waals surface area contributed by atoms with Gasteiger partial charge in [-0.2, -0.15) is 4.37 Å². The van der Waals surface area contributed by atoms with Gasteiger partial charge < -0.3 is 15.4 Å².